The summed E-state index contributed by atoms with van der Waals surface area (Å²) in [6.45, 7) is 6.74. The number of nitrogens with one attached hydrogen (secondary N) is 2. The minimum Gasteiger partial charge on any atom is -0.346 e. The van der Waals surface area contributed by atoms with E-state index in [1.54, 1.807) is 33.8 Å². The predicted octanol–water partition coefficient (Wildman–Crippen LogP) is 3.09. The Labute approximate surface area is 160 Å². The molecule has 0 spiro atoms. The highest BCUT2D eigenvalue weighted by Gasteiger charge is 2.34. The monoisotopic (exact) mass is 394 g/mol. The fourth-order valence-electron chi connectivity index (χ4n) is 2.74. The lowest BCUT2D eigenvalue weighted by molar-refractivity contribution is -0.139. The molecule has 1 heterocycles. The molecule has 2 amide bonds. The zero-order valence-corrected chi connectivity index (χ0v) is 15.9. The zero-order chi connectivity index (χ0) is 21.1. The number of benzene rings is 1. The normalized spacial score (nSPS) is 11.9. The van der Waals surface area contributed by atoms with E-state index in [0.29, 0.717) is 17.0 Å². The van der Waals surface area contributed by atoms with Gasteiger partial charge in [0.2, 0.25) is 0 Å². The van der Waals surface area contributed by atoms with Gasteiger partial charge in [-0.2, -0.15) is 18.3 Å². The Kier molecular flexibility index (Phi) is 6.27. The van der Waals surface area contributed by atoms with Gasteiger partial charge in [-0.3, -0.25) is 9.59 Å². The topological polar surface area (TPSA) is 75.5 Å². The first-order valence-corrected chi connectivity index (χ1v) is 8.51. The largest absolute Gasteiger partial charge is 0.418 e. The molecule has 0 fully saturated rings. The van der Waals surface area contributed by atoms with Gasteiger partial charge in [-0.05, 0) is 45.9 Å². The molecule has 150 valence electrons. The molecule has 0 unspecified atom stereocenters. The van der Waals surface area contributed by atoms with Crippen LogP contribution >= 0.6 is 0 Å². The number of para-hydroxylation sites is 1. The summed E-state index contributed by atoms with van der Waals surface area (Å²) < 4.78 is 41.5. The number of hydrogen-bond donors (Lipinski definition) is 2. The number of halogens is 3. The number of aryl methyl sites for hydroxylation is 1. The van der Waals surface area contributed by atoms with Gasteiger partial charge in [0.15, 0.2) is 0 Å². The number of amides is 2. The molecule has 9 heteroatoms. The van der Waals surface area contributed by atoms with Gasteiger partial charge in [0.25, 0.3) is 0 Å². The second kappa shape index (κ2) is 8.28. The van der Waals surface area contributed by atoms with E-state index in [4.69, 9.17) is 0 Å². The van der Waals surface area contributed by atoms with Gasteiger partial charge in [-0.15, -0.1) is 0 Å². The number of carbonyl (C=O) groups excluding carboxylic acids is 2. The first-order chi connectivity index (χ1) is 13.0. The van der Waals surface area contributed by atoms with Crippen LogP contribution in [0.15, 0.2) is 35.4 Å². The fourth-order valence-corrected chi connectivity index (χ4v) is 2.74. The second-order valence-corrected chi connectivity index (χ2v) is 6.50. The van der Waals surface area contributed by atoms with Gasteiger partial charge in [0.1, 0.15) is 0 Å². The predicted molar refractivity (Wildman–Crippen MR) is 99.3 cm³/mol. The third kappa shape index (κ3) is 4.79. The molecule has 1 aromatic carbocycles. The molecule has 2 rings (SSSR count). The molecule has 0 radical (unpaired) electrons. The fraction of sp³-hybridized carbons (Fsp3) is 0.316. The van der Waals surface area contributed by atoms with Crippen LogP contribution in [0.3, 0.4) is 0 Å². The Bertz CT molecular complexity index is 914. The molecule has 0 bridgehead atoms. The summed E-state index contributed by atoms with van der Waals surface area (Å²) in [5.74, 6) is -1.75. The summed E-state index contributed by atoms with van der Waals surface area (Å²) >= 11 is 0. The van der Waals surface area contributed by atoms with Crippen LogP contribution in [0.1, 0.15) is 36.4 Å². The lowest BCUT2D eigenvalue weighted by Crippen LogP contribution is -2.41. The van der Waals surface area contributed by atoms with Crippen molar-refractivity contribution in [1.82, 2.24) is 15.3 Å². The van der Waals surface area contributed by atoms with Crippen molar-refractivity contribution in [3.63, 3.8) is 0 Å². The molecule has 2 aromatic rings. The van der Waals surface area contributed by atoms with Crippen molar-refractivity contribution in [2.75, 3.05) is 0 Å². The van der Waals surface area contributed by atoms with E-state index >= 15 is 0 Å². The van der Waals surface area contributed by atoms with E-state index in [1.807, 2.05) is 0 Å². The number of hydrazone groups is 1. The van der Waals surface area contributed by atoms with Crippen molar-refractivity contribution in [3.05, 3.63) is 52.8 Å². The van der Waals surface area contributed by atoms with Gasteiger partial charge in [-0.1, -0.05) is 12.1 Å². The van der Waals surface area contributed by atoms with Crippen LogP contribution in [0.4, 0.5) is 13.2 Å². The summed E-state index contributed by atoms with van der Waals surface area (Å²) in [5, 5.41) is 6.15. The molecule has 0 saturated heterocycles. The summed E-state index contributed by atoms with van der Waals surface area (Å²) in [7, 11) is 0. The van der Waals surface area contributed by atoms with Crippen molar-refractivity contribution in [2.24, 2.45) is 5.10 Å². The molecule has 28 heavy (non-hydrogen) atoms. The van der Waals surface area contributed by atoms with Gasteiger partial charge in [0, 0.05) is 23.0 Å². The lowest BCUT2D eigenvalue weighted by atomic mass is 10.1. The number of hydrogen-bond acceptors (Lipinski definition) is 3. The Morgan fingerprint density at radius 1 is 1.14 bits per heavy atom. The molecular weight excluding hydrogens is 373 g/mol. The molecule has 2 N–H and O–H groups in total. The van der Waals surface area contributed by atoms with Gasteiger partial charge in [-0.25, -0.2) is 5.43 Å². The summed E-state index contributed by atoms with van der Waals surface area (Å²) in [4.78, 5) is 23.2. The van der Waals surface area contributed by atoms with Gasteiger partial charge in [0.05, 0.1) is 17.5 Å². The first-order valence-electron chi connectivity index (χ1n) is 8.51. The van der Waals surface area contributed by atoms with E-state index in [2.05, 4.69) is 15.8 Å². The minimum atomic E-state index is -4.49. The van der Waals surface area contributed by atoms with E-state index in [1.165, 1.54) is 29.0 Å². The molecule has 0 atom stereocenters. The van der Waals surface area contributed by atoms with Crippen LogP contribution in [-0.4, -0.2) is 28.6 Å². The third-order valence-electron chi connectivity index (χ3n) is 3.92. The Morgan fingerprint density at radius 3 is 2.39 bits per heavy atom. The van der Waals surface area contributed by atoms with Crippen LogP contribution < -0.4 is 10.7 Å². The Balaban J connectivity index is 2.29. The quantitative estimate of drug-likeness (QED) is 0.475. The minimum absolute atomic E-state index is 0.00463. The summed E-state index contributed by atoms with van der Waals surface area (Å²) in [6, 6.07) is 6.73. The average molecular weight is 394 g/mol. The van der Waals surface area contributed by atoms with E-state index in [9.17, 15) is 22.8 Å². The van der Waals surface area contributed by atoms with Crippen molar-refractivity contribution in [3.8, 4) is 5.69 Å². The number of aromatic nitrogens is 1. The van der Waals surface area contributed by atoms with E-state index in [-0.39, 0.29) is 11.7 Å². The van der Waals surface area contributed by atoms with Crippen molar-refractivity contribution in [2.45, 2.75) is 39.9 Å². The molecular formula is C19H21F3N4O2. The Morgan fingerprint density at radius 2 is 1.79 bits per heavy atom. The average Bonchev–Trinajstić information content (AvgIpc) is 2.87. The van der Waals surface area contributed by atoms with Gasteiger partial charge >= 0.3 is 18.0 Å². The smallest absolute Gasteiger partial charge is 0.346 e. The first kappa shape index (κ1) is 21.2. The van der Waals surface area contributed by atoms with Crippen LogP contribution in [0, 0.1) is 13.8 Å². The molecule has 0 aliphatic heterocycles. The number of nitrogens with zero attached hydrogens (tertiary/aromatic N) is 2. The third-order valence-corrected chi connectivity index (χ3v) is 3.92. The summed E-state index contributed by atoms with van der Waals surface area (Å²) in [6.07, 6.45) is -3.21. The maximum absolute atomic E-state index is 13.3. The number of carbonyl (C=O) groups is 2. The molecule has 0 aliphatic carbocycles. The molecule has 0 aliphatic rings. The van der Waals surface area contributed by atoms with Crippen LogP contribution in [0.2, 0.25) is 0 Å². The summed E-state index contributed by atoms with van der Waals surface area (Å²) in [5.41, 5.74) is 2.95. The van der Waals surface area contributed by atoms with Crippen LogP contribution in [0.25, 0.3) is 5.69 Å². The number of alkyl halides is 3. The highest BCUT2D eigenvalue weighted by molar-refractivity contribution is 6.35. The van der Waals surface area contributed by atoms with Gasteiger partial charge < -0.3 is 9.88 Å². The highest BCUT2D eigenvalue weighted by Crippen LogP contribution is 2.35. The van der Waals surface area contributed by atoms with E-state index in [0.717, 1.165) is 6.07 Å². The van der Waals surface area contributed by atoms with Crippen LogP contribution in [-0.2, 0) is 15.8 Å². The van der Waals surface area contributed by atoms with Crippen molar-refractivity contribution < 1.29 is 22.8 Å². The van der Waals surface area contributed by atoms with Crippen molar-refractivity contribution >= 4 is 18.0 Å². The maximum Gasteiger partial charge on any atom is 0.418 e. The van der Waals surface area contributed by atoms with Crippen molar-refractivity contribution in [1.29, 1.82) is 0 Å². The number of rotatable bonds is 4. The van der Waals surface area contributed by atoms with E-state index < -0.39 is 23.6 Å². The highest BCUT2D eigenvalue weighted by atomic mass is 19.4. The zero-order valence-electron chi connectivity index (χ0n) is 15.9. The standard InChI is InChI=1S/C19H21F3N4O2/c1-11(2)24-17(27)18(28)25-23-10-14-9-12(3)26(13(14)4)16-8-6-5-7-15(16)19(20,21)22/h5-11H,1-4H3,(H,24,27)(H,25,28)/b23-10+. The SMILES string of the molecule is Cc1cc(/C=N/NC(=O)C(=O)NC(C)C)c(C)n1-c1ccccc1C(F)(F)F. The molecule has 0 saturated carbocycles. The Hall–Kier alpha value is -3.10. The lowest BCUT2D eigenvalue weighted by Gasteiger charge is -2.16. The molecule has 1 aromatic heterocycles. The second-order valence-electron chi connectivity index (χ2n) is 6.50. The maximum atomic E-state index is 13.3. The van der Waals surface area contributed by atoms with Crippen LogP contribution in [0.5, 0.6) is 0 Å². The molecule has 6 nitrogen and oxygen atoms in total.